The number of unbranched alkanes of at least 4 members (excludes halogenated alkanes) is 14. The zero-order valence-electron chi connectivity index (χ0n) is 31.4. The number of aliphatic hydroxyl groups is 1. The van der Waals surface area contributed by atoms with Gasteiger partial charge >= 0.3 is 0 Å². The molecule has 1 amide bonds. The number of hydrogen-bond acceptors (Lipinski definition) is 6. The van der Waals surface area contributed by atoms with E-state index in [0.29, 0.717) is 17.4 Å². The Morgan fingerprint density at radius 1 is 0.750 bits per heavy atom. The summed E-state index contributed by atoms with van der Waals surface area (Å²) in [4.78, 5) is 25.1. The Morgan fingerprint density at radius 3 is 1.85 bits per heavy atom. The number of aliphatic hydroxyl groups excluding tert-OH is 1. The van der Waals surface area contributed by atoms with Gasteiger partial charge in [-0.1, -0.05) is 133 Å². The van der Waals surface area contributed by atoms with Crippen molar-refractivity contribution in [2.24, 2.45) is 0 Å². The lowest BCUT2D eigenvalue weighted by molar-refractivity contribution is -0.870. The fourth-order valence-electron chi connectivity index (χ4n) is 4.99. The van der Waals surface area contributed by atoms with Gasteiger partial charge in [-0.05, 0) is 51.4 Å². The fourth-order valence-corrected chi connectivity index (χ4v) is 5.71. The van der Waals surface area contributed by atoms with Crippen molar-refractivity contribution in [3.63, 3.8) is 0 Å². The molecule has 3 atom stereocenters. The van der Waals surface area contributed by atoms with Crippen molar-refractivity contribution >= 4 is 13.7 Å². The second-order valence-corrected chi connectivity index (χ2v) is 15.3. The number of amides is 1. The largest absolute Gasteiger partial charge is 0.756 e. The minimum atomic E-state index is -4.59. The Balaban J connectivity index is 4.62. The molecule has 0 spiro atoms. The molecule has 0 bridgehead atoms. The zero-order valence-corrected chi connectivity index (χ0v) is 32.3. The number of likely N-dealkylation sites (N-methyl/N-ethyl adjacent to an activating group) is 1. The van der Waals surface area contributed by atoms with Crippen molar-refractivity contribution in [1.82, 2.24) is 5.32 Å². The Kier molecular flexibility index (Phi) is 30.4. The maximum Gasteiger partial charge on any atom is 0.268 e. The van der Waals surface area contributed by atoms with E-state index in [2.05, 4.69) is 55.6 Å². The highest BCUT2D eigenvalue weighted by atomic mass is 31.2. The summed E-state index contributed by atoms with van der Waals surface area (Å²) in [6.07, 6.45) is 37.2. The summed E-state index contributed by atoms with van der Waals surface area (Å²) in [5, 5.41) is 13.7. The summed E-state index contributed by atoms with van der Waals surface area (Å²) in [6, 6.07) is -0.899. The van der Waals surface area contributed by atoms with Crippen LogP contribution in [-0.2, 0) is 18.4 Å². The van der Waals surface area contributed by atoms with Gasteiger partial charge in [0.15, 0.2) is 0 Å². The standard InChI is InChI=1S/C39H73N2O6P/c1-6-8-10-12-14-16-18-20-22-24-26-28-30-32-38(42)37(36-47-48(44,45)46-35-34-41(3,4)5)40-39(43)33-31-29-27-25-23-21-19-17-15-13-11-9-7-2/h9,11,15,17,21,23,30,32,37-38,42H,6-8,10,12-14,16,18-20,22,24-29,31,33-36H2,1-5H3,(H-,40,43,44,45)/b11-9-,17-15-,23-21-,32-30+. The van der Waals surface area contributed by atoms with Gasteiger partial charge < -0.3 is 28.8 Å². The number of quaternary nitrogens is 1. The number of phosphoric acid groups is 1. The van der Waals surface area contributed by atoms with Crippen LogP contribution < -0.4 is 10.2 Å². The Morgan fingerprint density at radius 2 is 1.27 bits per heavy atom. The van der Waals surface area contributed by atoms with Crippen LogP contribution in [0.1, 0.15) is 142 Å². The average molecular weight is 697 g/mol. The third-order valence-corrected chi connectivity index (χ3v) is 9.01. The molecule has 0 rings (SSSR count). The van der Waals surface area contributed by atoms with E-state index in [9.17, 15) is 19.4 Å². The SMILES string of the molecule is CC/C=C\C/C=C\C/C=C\CCCCCC(=O)NC(COP(=O)([O-])OCC[N+](C)(C)C)C(O)/C=C/CCCCCCCCCCCCC. The fraction of sp³-hybridized carbons (Fsp3) is 0.769. The van der Waals surface area contributed by atoms with Crippen LogP contribution >= 0.6 is 7.82 Å². The second-order valence-electron chi connectivity index (χ2n) is 13.9. The summed E-state index contributed by atoms with van der Waals surface area (Å²) in [7, 11) is 1.23. The number of allylic oxidation sites excluding steroid dienone is 7. The third-order valence-electron chi connectivity index (χ3n) is 8.04. The molecule has 0 aliphatic heterocycles. The van der Waals surface area contributed by atoms with E-state index >= 15 is 0 Å². The first kappa shape index (κ1) is 46.5. The van der Waals surface area contributed by atoms with Crippen LogP contribution in [0.3, 0.4) is 0 Å². The highest BCUT2D eigenvalue weighted by Crippen LogP contribution is 2.38. The van der Waals surface area contributed by atoms with Crippen LogP contribution in [0, 0.1) is 0 Å². The molecule has 0 saturated carbocycles. The van der Waals surface area contributed by atoms with Crippen molar-refractivity contribution in [2.45, 2.75) is 154 Å². The van der Waals surface area contributed by atoms with Gasteiger partial charge in [-0.25, -0.2) is 0 Å². The van der Waals surface area contributed by atoms with Crippen LogP contribution in [0.2, 0.25) is 0 Å². The molecule has 9 heteroatoms. The molecule has 0 aliphatic rings. The van der Waals surface area contributed by atoms with Crippen molar-refractivity contribution in [3.8, 4) is 0 Å². The third kappa shape index (κ3) is 33.0. The quantitative estimate of drug-likeness (QED) is 0.0307. The van der Waals surface area contributed by atoms with Gasteiger partial charge in [-0.15, -0.1) is 0 Å². The molecular formula is C39H73N2O6P. The van der Waals surface area contributed by atoms with E-state index in [1.807, 2.05) is 27.2 Å². The monoisotopic (exact) mass is 697 g/mol. The Bertz CT molecular complexity index is 928. The topological polar surface area (TPSA) is 108 Å². The van der Waals surface area contributed by atoms with Crippen LogP contribution in [0.15, 0.2) is 48.6 Å². The lowest BCUT2D eigenvalue weighted by Crippen LogP contribution is -2.45. The summed E-state index contributed by atoms with van der Waals surface area (Å²) in [6.45, 7) is 4.47. The molecule has 8 nitrogen and oxygen atoms in total. The molecule has 0 aromatic carbocycles. The molecule has 3 unspecified atom stereocenters. The Labute approximate surface area is 295 Å². The van der Waals surface area contributed by atoms with E-state index in [-0.39, 0.29) is 12.5 Å². The molecule has 0 saturated heterocycles. The smallest absolute Gasteiger partial charge is 0.268 e. The summed E-state index contributed by atoms with van der Waals surface area (Å²) in [5.41, 5.74) is 0. The summed E-state index contributed by atoms with van der Waals surface area (Å²) >= 11 is 0. The van der Waals surface area contributed by atoms with Gasteiger partial charge in [-0.2, -0.15) is 0 Å². The molecule has 2 N–H and O–H groups in total. The van der Waals surface area contributed by atoms with Crippen molar-refractivity contribution in [2.75, 3.05) is 40.9 Å². The van der Waals surface area contributed by atoms with Gasteiger partial charge in [-0.3, -0.25) is 9.36 Å². The summed E-state index contributed by atoms with van der Waals surface area (Å²) < 4.78 is 23.1. The van der Waals surface area contributed by atoms with Crippen LogP contribution in [0.4, 0.5) is 0 Å². The lowest BCUT2D eigenvalue weighted by atomic mass is 10.0. The first-order valence-corrected chi connectivity index (χ1v) is 20.5. The number of rotatable bonds is 33. The maximum atomic E-state index is 12.7. The van der Waals surface area contributed by atoms with Crippen molar-refractivity contribution < 1.29 is 32.9 Å². The molecule has 0 aromatic heterocycles. The molecule has 0 aliphatic carbocycles. The summed E-state index contributed by atoms with van der Waals surface area (Å²) in [5.74, 6) is -0.231. The first-order chi connectivity index (χ1) is 23.0. The highest BCUT2D eigenvalue weighted by molar-refractivity contribution is 7.45. The predicted molar refractivity (Wildman–Crippen MR) is 201 cm³/mol. The van der Waals surface area contributed by atoms with Crippen LogP contribution in [0.5, 0.6) is 0 Å². The van der Waals surface area contributed by atoms with Gasteiger partial charge in [0.05, 0.1) is 39.9 Å². The van der Waals surface area contributed by atoms with E-state index in [0.717, 1.165) is 64.2 Å². The minimum absolute atomic E-state index is 0.00868. The number of carbonyl (C=O) groups is 1. The predicted octanol–water partition coefficient (Wildman–Crippen LogP) is 9.11. The van der Waals surface area contributed by atoms with Gasteiger partial charge in [0.2, 0.25) is 5.91 Å². The van der Waals surface area contributed by atoms with Crippen molar-refractivity contribution in [1.29, 1.82) is 0 Å². The zero-order chi connectivity index (χ0) is 35.8. The molecule has 48 heavy (non-hydrogen) atoms. The molecule has 280 valence electrons. The van der Waals surface area contributed by atoms with E-state index in [4.69, 9.17) is 9.05 Å². The lowest BCUT2D eigenvalue weighted by Gasteiger charge is -2.29. The highest BCUT2D eigenvalue weighted by Gasteiger charge is 2.23. The van der Waals surface area contributed by atoms with Crippen LogP contribution in [-0.4, -0.2) is 68.5 Å². The number of phosphoric ester groups is 1. The maximum absolute atomic E-state index is 12.7. The van der Waals surface area contributed by atoms with Gasteiger partial charge in [0.1, 0.15) is 13.2 Å². The van der Waals surface area contributed by atoms with Crippen molar-refractivity contribution in [3.05, 3.63) is 48.6 Å². The van der Waals surface area contributed by atoms with E-state index in [1.54, 1.807) is 6.08 Å². The molecule has 0 heterocycles. The second kappa shape index (κ2) is 31.4. The average Bonchev–Trinajstić information content (AvgIpc) is 3.02. The van der Waals surface area contributed by atoms with Gasteiger partial charge in [0, 0.05) is 6.42 Å². The molecular weight excluding hydrogens is 623 g/mol. The number of nitrogens with one attached hydrogen (secondary N) is 1. The minimum Gasteiger partial charge on any atom is -0.756 e. The number of nitrogens with zero attached hydrogens (tertiary/aromatic N) is 1. The van der Waals surface area contributed by atoms with E-state index in [1.165, 1.54) is 57.8 Å². The van der Waals surface area contributed by atoms with E-state index < -0.39 is 26.6 Å². The normalized spacial score (nSPS) is 15.2. The number of carbonyl (C=O) groups excluding carboxylic acids is 1. The van der Waals surface area contributed by atoms with Gasteiger partial charge in [0.25, 0.3) is 7.82 Å². The molecule has 0 aromatic rings. The number of hydrogen-bond donors (Lipinski definition) is 2. The first-order valence-electron chi connectivity index (χ1n) is 19.0. The molecule has 0 radical (unpaired) electrons. The molecule has 0 fully saturated rings. The van der Waals surface area contributed by atoms with Crippen LogP contribution in [0.25, 0.3) is 0 Å². The Hall–Kier alpha value is -1.54.